The fourth-order valence-corrected chi connectivity index (χ4v) is 0.935. The van der Waals surface area contributed by atoms with Crippen molar-refractivity contribution in [2.24, 2.45) is 0 Å². The number of hydrogen-bond donors (Lipinski definition) is 2. The molecule has 66 valence electrons. The summed E-state index contributed by atoms with van der Waals surface area (Å²) in [6.45, 7) is 1.64. The third kappa shape index (κ3) is 3.99. The summed E-state index contributed by atoms with van der Waals surface area (Å²) < 4.78 is 0. The average molecular weight is 166 g/mol. The van der Waals surface area contributed by atoms with Crippen LogP contribution in [0.25, 0.3) is 0 Å². The zero-order valence-electron chi connectivity index (χ0n) is 7.10. The quantitative estimate of drug-likeness (QED) is 0.441. The largest absolute Gasteiger partial charge is 0.345 e. The minimum Gasteiger partial charge on any atom is -0.345 e. The van der Waals surface area contributed by atoms with Crippen LogP contribution in [0.4, 0.5) is 0 Å². The maximum atomic E-state index is 10.6. The van der Waals surface area contributed by atoms with Crippen molar-refractivity contribution in [2.45, 2.75) is 25.3 Å². The molecule has 0 atom stereocenters. The molecule has 3 nitrogen and oxygen atoms in total. The maximum absolute atomic E-state index is 10.6. The summed E-state index contributed by atoms with van der Waals surface area (Å²) in [7, 11) is 0. The smallest absolute Gasteiger partial charge is 0.295 e. The van der Waals surface area contributed by atoms with Crippen LogP contribution in [0.5, 0.6) is 0 Å². The normalized spacial score (nSPS) is 15.2. The molecule has 1 aliphatic rings. The standard InChI is InChI=1S/C9H14N2O/c1-2-9(12)11-7-3-6-10-8-4-5-8/h1,8,10H,3-7H2,(H,11,12). The van der Waals surface area contributed by atoms with E-state index in [9.17, 15) is 4.79 Å². The van der Waals surface area contributed by atoms with E-state index in [1.54, 1.807) is 0 Å². The van der Waals surface area contributed by atoms with Crippen molar-refractivity contribution in [1.82, 2.24) is 10.6 Å². The van der Waals surface area contributed by atoms with Crippen LogP contribution in [-0.2, 0) is 4.79 Å². The molecule has 12 heavy (non-hydrogen) atoms. The van der Waals surface area contributed by atoms with Gasteiger partial charge in [0.2, 0.25) is 0 Å². The van der Waals surface area contributed by atoms with Gasteiger partial charge in [0.1, 0.15) is 0 Å². The van der Waals surface area contributed by atoms with Gasteiger partial charge in [0.05, 0.1) is 0 Å². The van der Waals surface area contributed by atoms with Gasteiger partial charge in [0.25, 0.3) is 5.91 Å². The van der Waals surface area contributed by atoms with Crippen LogP contribution in [0.15, 0.2) is 0 Å². The summed E-state index contributed by atoms with van der Waals surface area (Å²) in [4.78, 5) is 10.6. The van der Waals surface area contributed by atoms with Crippen LogP contribution < -0.4 is 10.6 Å². The van der Waals surface area contributed by atoms with Crippen LogP contribution in [0.2, 0.25) is 0 Å². The molecule has 1 fully saturated rings. The van der Waals surface area contributed by atoms with Crippen LogP contribution in [-0.4, -0.2) is 25.0 Å². The number of rotatable bonds is 5. The Balaban J connectivity index is 1.82. The van der Waals surface area contributed by atoms with Gasteiger partial charge in [-0.3, -0.25) is 4.79 Å². The molecule has 0 aliphatic heterocycles. The number of hydrogen-bond acceptors (Lipinski definition) is 2. The van der Waals surface area contributed by atoms with Crippen LogP contribution in [0, 0.1) is 12.3 Å². The molecule has 0 aromatic heterocycles. The minimum atomic E-state index is -0.318. The molecule has 0 saturated heterocycles. The lowest BCUT2D eigenvalue weighted by molar-refractivity contribution is -0.115. The molecule has 2 N–H and O–H groups in total. The van der Waals surface area contributed by atoms with Crippen LogP contribution in [0.1, 0.15) is 19.3 Å². The summed E-state index contributed by atoms with van der Waals surface area (Å²) in [6.07, 6.45) is 8.42. The van der Waals surface area contributed by atoms with Gasteiger partial charge < -0.3 is 10.6 Å². The van der Waals surface area contributed by atoms with Gasteiger partial charge in [-0.2, -0.15) is 0 Å². The third-order valence-corrected chi connectivity index (χ3v) is 1.78. The molecular weight excluding hydrogens is 152 g/mol. The molecule has 0 bridgehead atoms. The van der Waals surface area contributed by atoms with E-state index < -0.39 is 0 Å². The summed E-state index contributed by atoms with van der Waals surface area (Å²) >= 11 is 0. The summed E-state index contributed by atoms with van der Waals surface area (Å²) in [6, 6.07) is 0.744. The van der Waals surface area contributed by atoms with Gasteiger partial charge in [-0.05, 0) is 31.7 Å². The Morgan fingerprint density at radius 1 is 1.50 bits per heavy atom. The Hall–Kier alpha value is -1.01. The monoisotopic (exact) mass is 166 g/mol. The van der Waals surface area contributed by atoms with Gasteiger partial charge in [-0.1, -0.05) is 0 Å². The highest BCUT2D eigenvalue weighted by atomic mass is 16.1. The molecule has 0 spiro atoms. The Morgan fingerprint density at radius 3 is 2.83 bits per heavy atom. The van der Waals surface area contributed by atoms with E-state index in [0.29, 0.717) is 6.54 Å². The van der Waals surface area contributed by atoms with E-state index in [2.05, 4.69) is 10.6 Å². The van der Waals surface area contributed by atoms with E-state index in [1.807, 2.05) is 5.92 Å². The van der Waals surface area contributed by atoms with Crippen molar-refractivity contribution in [3.05, 3.63) is 0 Å². The lowest BCUT2D eigenvalue weighted by Crippen LogP contribution is -2.26. The van der Waals surface area contributed by atoms with E-state index >= 15 is 0 Å². The second kappa shape index (κ2) is 4.78. The number of amides is 1. The fourth-order valence-electron chi connectivity index (χ4n) is 0.935. The van der Waals surface area contributed by atoms with Crippen molar-refractivity contribution in [1.29, 1.82) is 0 Å². The molecule has 1 saturated carbocycles. The second-order valence-electron chi connectivity index (χ2n) is 2.98. The lowest BCUT2D eigenvalue weighted by atomic mass is 10.4. The predicted molar refractivity (Wildman–Crippen MR) is 47.5 cm³/mol. The number of carbonyl (C=O) groups excluding carboxylic acids is 1. The highest BCUT2D eigenvalue weighted by molar-refractivity contribution is 5.92. The van der Waals surface area contributed by atoms with Gasteiger partial charge in [0, 0.05) is 12.6 Å². The number of carbonyl (C=O) groups is 1. The van der Waals surface area contributed by atoms with Crippen LogP contribution in [0.3, 0.4) is 0 Å². The van der Waals surface area contributed by atoms with Gasteiger partial charge in [-0.25, -0.2) is 0 Å². The Morgan fingerprint density at radius 2 is 2.25 bits per heavy atom. The van der Waals surface area contributed by atoms with Crippen molar-refractivity contribution in [2.75, 3.05) is 13.1 Å². The predicted octanol–water partition coefficient (Wildman–Crippen LogP) is -0.122. The van der Waals surface area contributed by atoms with E-state index in [-0.39, 0.29) is 5.91 Å². The molecule has 1 aliphatic carbocycles. The van der Waals surface area contributed by atoms with E-state index in [0.717, 1.165) is 19.0 Å². The summed E-state index contributed by atoms with van der Waals surface area (Å²) in [5, 5.41) is 5.96. The molecule has 3 heteroatoms. The van der Waals surface area contributed by atoms with Crippen molar-refractivity contribution in [3.63, 3.8) is 0 Å². The second-order valence-corrected chi connectivity index (χ2v) is 2.98. The molecule has 0 aromatic carbocycles. The zero-order chi connectivity index (χ0) is 8.81. The highest BCUT2D eigenvalue weighted by Gasteiger charge is 2.19. The molecular formula is C9H14N2O. The zero-order valence-corrected chi connectivity index (χ0v) is 7.10. The molecule has 0 unspecified atom stereocenters. The molecule has 1 rings (SSSR count). The highest BCUT2D eigenvalue weighted by Crippen LogP contribution is 2.17. The number of nitrogens with one attached hydrogen (secondary N) is 2. The Labute approximate surface area is 72.9 Å². The van der Waals surface area contributed by atoms with Gasteiger partial charge in [-0.15, -0.1) is 6.42 Å². The first kappa shape index (κ1) is 9.08. The number of terminal acetylenes is 1. The molecule has 0 radical (unpaired) electrons. The molecule has 0 aromatic rings. The maximum Gasteiger partial charge on any atom is 0.295 e. The van der Waals surface area contributed by atoms with Gasteiger partial charge in [0.15, 0.2) is 0 Å². The van der Waals surface area contributed by atoms with Crippen molar-refractivity contribution in [3.8, 4) is 12.3 Å². The Bertz CT molecular complexity index is 191. The lowest BCUT2D eigenvalue weighted by Gasteiger charge is -2.02. The SMILES string of the molecule is C#CC(=O)NCCCNC1CC1. The van der Waals surface area contributed by atoms with Gasteiger partial charge >= 0.3 is 0 Å². The third-order valence-electron chi connectivity index (χ3n) is 1.78. The summed E-state index contributed by atoms with van der Waals surface area (Å²) in [5.41, 5.74) is 0. The van der Waals surface area contributed by atoms with E-state index in [1.165, 1.54) is 12.8 Å². The average Bonchev–Trinajstić information content (AvgIpc) is 2.87. The van der Waals surface area contributed by atoms with Crippen molar-refractivity contribution >= 4 is 5.91 Å². The first-order valence-corrected chi connectivity index (χ1v) is 4.31. The van der Waals surface area contributed by atoms with Crippen LogP contribution >= 0.6 is 0 Å². The van der Waals surface area contributed by atoms with Crippen molar-refractivity contribution < 1.29 is 4.79 Å². The topological polar surface area (TPSA) is 41.1 Å². The first-order chi connectivity index (χ1) is 5.83. The van der Waals surface area contributed by atoms with E-state index in [4.69, 9.17) is 6.42 Å². The minimum absolute atomic E-state index is 0.318. The fraction of sp³-hybridized carbons (Fsp3) is 0.667. The Kier molecular flexibility index (Phi) is 3.62. The first-order valence-electron chi connectivity index (χ1n) is 4.31. The molecule has 0 heterocycles. The molecule has 1 amide bonds. The summed E-state index contributed by atoms with van der Waals surface area (Å²) in [5.74, 6) is 1.69.